The van der Waals surface area contributed by atoms with Gasteiger partial charge in [-0.2, -0.15) is 0 Å². The fourth-order valence-electron chi connectivity index (χ4n) is 1.23. The van der Waals surface area contributed by atoms with E-state index in [1.54, 1.807) is 27.7 Å². The molecule has 0 bridgehead atoms. The second-order valence-corrected chi connectivity index (χ2v) is 5.32. The maximum atomic E-state index is 11.6. The number of hydrogen-bond acceptors (Lipinski definition) is 4. The van der Waals surface area contributed by atoms with Crippen LogP contribution in [0.5, 0.6) is 0 Å². The Kier molecular flexibility index (Phi) is 7.87. The van der Waals surface area contributed by atoms with Crippen LogP contribution in [0.15, 0.2) is 12.7 Å². The maximum absolute atomic E-state index is 11.6. The van der Waals surface area contributed by atoms with Crippen LogP contribution in [0.1, 0.15) is 47.0 Å². The quantitative estimate of drug-likeness (QED) is 0.439. The molecule has 0 aromatic heterocycles. The van der Waals surface area contributed by atoms with Crippen LogP contribution in [0, 0.1) is 0 Å². The van der Waals surface area contributed by atoms with Crippen molar-refractivity contribution in [2.45, 2.75) is 58.6 Å². The van der Waals surface area contributed by atoms with Crippen molar-refractivity contribution in [2.75, 3.05) is 6.61 Å². The molecule has 1 amide bonds. The van der Waals surface area contributed by atoms with Gasteiger partial charge in [0.25, 0.3) is 0 Å². The molecule has 0 aliphatic rings. The lowest BCUT2D eigenvalue weighted by atomic mass is 10.2. The van der Waals surface area contributed by atoms with Gasteiger partial charge in [0, 0.05) is 0 Å². The highest BCUT2D eigenvalue weighted by Crippen LogP contribution is 2.07. The summed E-state index contributed by atoms with van der Waals surface area (Å²) >= 11 is 0. The van der Waals surface area contributed by atoms with Crippen LogP contribution < -0.4 is 5.32 Å². The van der Waals surface area contributed by atoms with Gasteiger partial charge in [-0.05, 0) is 47.0 Å². The minimum Gasteiger partial charge on any atom is -0.464 e. The summed E-state index contributed by atoms with van der Waals surface area (Å²) < 4.78 is 10.1. The number of esters is 1. The molecule has 0 aliphatic carbocycles. The number of carbonyl (C=O) groups is 2. The van der Waals surface area contributed by atoms with Crippen molar-refractivity contribution in [3.05, 3.63) is 12.7 Å². The fraction of sp³-hybridized carbons (Fsp3) is 0.714. The Bertz CT molecular complexity index is 307. The first-order valence-corrected chi connectivity index (χ1v) is 6.53. The summed E-state index contributed by atoms with van der Waals surface area (Å²) in [5.74, 6) is -0.454. The first kappa shape index (κ1) is 17.5. The summed E-state index contributed by atoms with van der Waals surface area (Å²) in [7, 11) is 0. The molecule has 0 radical (unpaired) electrons. The van der Waals surface area contributed by atoms with E-state index in [0.29, 0.717) is 6.61 Å². The Morgan fingerprint density at radius 2 is 1.95 bits per heavy atom. The predicted molar refractivity (Wildman–Crippen MR) is 73.8 cm³/mol. The Morgan fingerprint density at radius 1 is 1.32 bits per heavy atom. The van der Waals surface area contributed by atoms with Crippen LogP contribution in [0.3, 0.4) is 0 Å². The zero-order valence-electron chi connectivity index (χ0n) is 12.3. The van der Waals surface area contributed by atoms with Crippen molar-refractivity contribution < 1.29 is 19.1 Å². The van der Waals surface area contributed by atoms with Crippen LogP contribution in [-0.4, -0.2) is 30.3 Å². The van der Waals surface area contributed by atoms with Gasteiger partial charge in [0.15, 0.2) is 0 Å². The van der Waals surface area contributed by atoms with Gasteiger partial charge < -0.3 is 14.8 Å². The van der Waals surface area contributed by atoms with Crippen molar-refractivity contribution >= 4 is 12.1 Å². The molecule has 0 saturated carbocycles. The number of hydrogen-bond donors (Lipinski definition) is 1. The van der Waals surface area contributed by atoms with Gasteiger partial charge in [0.2, 0.25) is 0 Å². The standard InChI is InChI=1S/C14H25NO4/c1-6-7-8-9-10-18-12(16)11(2)15-13(17)19-14(3,4)5/h6,11H,1,7-10H2,2-5H3,(H,15,17). The molecule has 1 unspecified atom stereocenters. The van der Waals surface area contributed by atoms with E-state index in [1.807, 2.05) is 6.08 Å². The molecule has 1 N–H and O–H groups in total. The predicted octanol–water partition coefficient (Wildman–Crippen LogP) is 2.80. The normalized spacial score (nSPS) is 12.4. The molecule has 0 aromatic rings. The summed E-state index contributed by atoms with van der Waals surface area (Å²) in [4.78, 5) is 23.0. The highest BCUT2D eigenvalue weighted by molar-refractivity contribution is 5.80. The Balaban J connectivity index is 3.87. The topological polar surface area (TPSA) is 64.6 Å². The zero-order chi connectivity index (χ0) is 14.9. The number of amides is 1. The van der Waals surface area contributed by atoms with Crippen molar-refractivity contribution in [1.82, 2.24) is 5.32 Å². The van der Waals surface area contributed by atoms with Gasteiger partial charge >= 0.3 is 12.1 Å². The highest BCUT2D eigenvalue weighted by Gasteiger charge is 2.21. The fourth-order valence-corrected chi connectivity index (χ4v) is 1.23. The molecular formula is C14H25NO4. The lowest BCUT2D eigenvalue weighted by Crippen LogP contribution is -2.42. The van der Waals surface area contributed by atoms with Gasteiger partial charge in [0.05, 0.1) is 6.61 Å². The molecule has 0 rings (SSSR count). The average Bonchev–Trinajstić information content (AvgIpc) is 2.25. The number of nitrogens with one attached hydrogen (secondary N) is 1. The first-order chi connectivity index (χ1) is 8.76. The third-order valence-electron chi connectivity index (χ3n) is 2.13. The van der Waals surface area contributed by atoms with Crippen molar-refractivity contribution in [3.8, 4) is 0 Å². The molecule has 0 spiro atoms. The SMILES string of the molecule is C=CCCCCOC(=O)C(C)NC(=O)OC(C)(C)C. The largest absolute Gasteiger partial charge is 0.464 e. The van der Waals surface area contributed by atoms with E-state index in [9.17, 15) is 9.59 Å². The van der Waals surface area contributed by atoms with E-state index >= 15 is 0 Å². The van der Waals surface area contributed by atoms with E-state index in [0.717, 1.165) is 19.3 Å². The van der Waals surface area contributed by atoms with Crippen LogP contribution in [0.2, 0.25) is 0 Å². The monoisotopic (exact) mass is 271 g/mol. The van der Waals surface area contributed by atoms with Gasteiger partial charge in [-0.3, -0.25) is 0 Å². The van der Waals surface area contributed by atoms with Gasteiger partial charge in [0.1, 0.15) is 11.6 Å². The lowest BCUT2D eigenvalue weighted by molar-refractivity contribution is -0.145. The molecule has 5 nitrogen and oxygen atoms in total. The first-order valence-electron chi connectivity index (χ1n) is 6.53. The summed E-state index contributed by atoms with van der Waals surface area (Å²) in [6, 6.07) is -0.714. The van der Waals surface area contributed by atoms with Crippen LogP contribution >= 0.6 is 0 Å². The molecule has 0 heterocycles. The Labute approximate surface area is 115 Å². The second kappa shape index (κ2) is 8.56. The molecule has 0 aliphatic heterocycles. The van der Waals surface area contributed by atoms with E-state index in [1.165, 1.54) is 0 Å². The summed E-state index contributed by atoms with van der Waals surface area (Å²) in [5, 5.41) is 2.44. The van der Waals surface area contributed by atoms with Gasteiger partial charge in [-0.1, -0.05) is 6.08 Å². The average molecular weight is 271 g/mol. The number of alkyl carbamates (subject to hydrolysis) is 1. The van der Waals surface area contributed by atoms with Crippen LogP contribution in [-0.2, 0) is 14.3 Å². The molecular weight excluding hydrogens is 246 g/mol. The number of ether oxygens (including phenoxy) is 2. The minimum absolute atomic E-state index is 0.354. The summed E-state index contributed by atoms with van der Waals surface area (Å²) in [6.07, 6.45) is 3.84. The zero-order valence-corrected chi connectivity index (χ0v) is 12.3. The summed E-state index contributed by atoms with van der Waals surface area (Å²) in [6.45, 7) is 10.8. The van der Waals surface area contributed by atoms with E-state index in [2.05, 4.69) is 11.9 Å². The van der Waals surface area contributed by atoms with Crippen molar-refractivity contribution in [3.63, 3.8) is 0 Å². The molecule has 1 atom stereocenters. The Morgan fingerprint density at radius 3 is 2.47 bits per heavy atom. The van der Waals surface area contributed by atoms with E-state index in [-0.39, 0.29) is 0 Å². The van der Waals surface area contributed by atoms with Crippen LogP contribution in [0.25, 0.3) is 0 Å². The van der Waals surface area contributed by atoms with E-state index < -0.39 is 23.7 Å². The second-order valence-electron chi connectivity index (χ2n) is 5.32. The van der Waals surface area contributed by atoms with Gasteiger partial charge in [-0.15, -0.1) is 6.58 Å². The van der Waals surface area contributed by atoms with Crippen LogP contribution in [0.4, 0.5) is 4.79 Å². The highest BCUT2D eigenvalue weighted by atomic mass is 16.6. The third-order valence-corrected chi connectivity index (χ3v) is 2.13. The van der Waals surface area contributed by atoms with Crippen molar-refractivity contribution in [2.24, 2.45) is 0 Å². The molecule has 110 valence electrons. The maximum Gasteiger partial charge on any atom is 0.408 e. The number of rotatable bonds is 7. The minimum atomic E-state index is -0.714. The molecule has 19 heavy (non-hydrogen) atoms. The smallest absolute Gasteiger partial charge is 0.408 e. The Hall–Kier alpha value is -1.52. The molecule has 0 saturated heterocycles. The summed E-state index contributed by atoms with van der Waals surface area (Å²) in [5.41, 5.74) is -0.585. The molecule has 0 fully saturated rings. The number of carbonyl (C=O) groups excluding carboxylic acids is 2. The van der Waals surface area contributed by atoms with Crippen molar-refractivity contribution in [1.29, 1.82) is 0 Å². The lowest BCUT2D eigenvalue weighted by Gasteiger charge is -2.21. The number of allylic oxidation sites excluding steroid dienone is 1. The van der Waals surface area contributed by atoms with E-state index in [4.69, 9.17) is 9.47 Å². The third kappa shape index (κ3) is 10.1. The molecule has 5 heteroatoms. The van der Waals surface area contributed by atoms with Gasteiger partial charge in [-0.25, -0.2) is 9.59 Å². The molecule has 0 aromatic carbocycles. The number of unbranched alkanes of at least 4 members (excludes halogenated alkanes) is 2.